The summed E-state index contributed by atoms with van der Waals surface area (Å²) in [7, 11) is 0. The van der Waals surface area contributed by atoms with Crippen molar-refractivity contribution in [3.05, 3.63) is 0 Å². The quantitative estimate of drug-likeness (QED) is 0.601. The second-order valence-corrected chi connectivity index (χ2v) is 4.68. The van der Waals surface area contributed by atoms with Crippen molar-refractivity contribution in [1.29, 1.82) is 0 Å². The molecule has 2 nitrogen and oxygen atoms in total. The summed E-state index contributed by atoms with van der Waals surface area (Å²) in [4.78, 5) is 23.0. The molecule has 78 valence electrons. The largest absolute Gasteiger partial charge is 0.291 e. The summed E-state index contributed by atoms with van der Waals surface area (Å²) in [5, 5.41) is 0. The van der Waals surface area contributed by atoms with Crippen molar-refractivity contribution in [2.24, 2.45) is 11.8 Å². The molecule has 0 aromatic rings. The fourth-order valence-electron chi connectivity index (χ4n) is 2.93. The predicted molar refractivity (Wildman–Crippen MR) is 53.9 cm³/mol. The molecule has 2 rings (SSSR count). The van der Waals surface area contributed by atoms with Gasteiger partial charge in [0.15, 0.2) is 5.78 Å². The Morgan fingerprint density at radius 1 is 0.857 bits per heavy atom. The summed E-state index contributed by atoms with van der Waals surface area (Å²) < 4.78 is 0. The average Bonchev–Trinajstić information content (AvgIpc) is 2.23. The van der Waals surface area contributed by atoms with Gasteiger partial charge in [0.2, 0.25) is 5.78 Å². The molecule has 14 heavy (non-hydrogen) atoms. The monoisotopic (exact) mass is 194 g/mol. The minimum atomic E-state index is -0.105. The van der Waals surface area contributed by atoms with Crippen LogP contribution < -0.4 is 0 Å². The van der Waals surface area contributed by atoms with Gasteiger partial charge in [-0.15, -0.1) is 0 Å². The van der Waals surface area contributed by atoms with Crippen molar-refractivity contribution < 1.29 is 9.59 Å². The van der Waals surface area contributed by atoms with Crippen molar-refractivity contribution in [1.82, 2.24) is 0 Å². The Morgan fingerprint density at radius 2 is 1.57 bits per heavy atom. The van der Waals surface area contributed by atoms with Gasteiger partial charge in [-0.25, -0.2) is 0 Å². The summed E-state index contributed by atoms with van der Waals surface area (Å²) >= 11 is 0. The van der Waals surface area contributed by atoms with Crippen LogP contribution in [0.15, 0.2) is 0 Å². The van der Waals surface area contributed by atoms with Gasteiger partial charge >= 0.3 is 0 Å². The van der Waals surface area contributed by atoms with Crippen LogP contribution in [-0.4, -0.2) is 11.6 Å². The van der Waals surface area contributed by atoms with Crippen molar-refractivity contribution in [2.45, 2.75) is 51.4 Å². The second kappa shape index (κ2) is 4.24. The highest BCUT2D eigenvalue weighted by Gasteiger charge is 2.35. The van der Waals surface area contributed by atoms with Gasteiger partial charge in [0.05, 0.1) is 0 Å². The van der Waals surface area contributed by atoms with Gasteiger partial charge in [0.25, 0.3) is 0 Å². The highest BCUT2D eigenvalue weighted by atomic mass is 16.2. The standard InChI is InChI=1S/C12H18O2/c13-11-8-4-7-10(12(11)14)9-5-2-1-3-6-9/h9-10H,1-8H2. The molecule has 0 bridgehead atoms. The normalized spacial score (nSPS) is 30.7. The molecule has 0 saturated heterocycles. The number of hydrogen-bond donors (Lipinski definition) is 0. The van der Waals surface area contributed by atoms with Gasteiger partial charge < -0.3 is 0 Å². The Bertz CT molecular complexity index is 239. The number of carbonyl (C=O) groups is 2. The summed E-state index contributed by atoms with van der Waals surface area (Å²) in [6.07, 6.45) is 8.56. The van der Waals surface area contributed by atoms with Crippen molar-refractivity contribution in [3.63, 3.8) is 0 Å². The number of hydrogen-bond acceptors (Lipinski definition) is 2. The maximum Gasteiger partial charge on any atom is 0.201 e. The summed E-state index contributed by atoms with van der Waals surface area (Å²) in [5.74, 6) is 0.465. The Labute approximate surface area is 85.1 Å². The topological polar surface area (TPSA) is 34.1 Å². The van der Waals surface area contributed by atoms with E-state index in [4.69, 9.17) is 0 Å². The Morgan fingerprint density at radius 3 is 2.29 bits per heavy atom. The maximum absolute atomic E-state index is 11.7. The van der Waals surface area contributed by atoms with Gasteiger partial charge in [0, 0.05) is 12.3 Å². The van der Waals surface area contributed by atoms with Gasteiger partial charge in [-0.3, -0.25) is 9.59 Å². The van der Waals surface area contributed by atoms with Crippen LogP contribution in [0.4, 0.5) is 0 Å². The zero-order valence-corrected chi connectivity index (χ0v) is 8.63. The van der Waals surface area contributed by atoms with Gasteiger partial charge in [-0.2, -0.15) is 0 Å². The lowest BCUT2D eigenvalue weighted by molar-refractivity contribution is -0.142. The van der Waals surface area contributed by atoms with E-state index in [9.17, 15) is 9.59 Å². The molecule has 1 atom stereocenters. The maximum atomic E-state index is 11.7. The summed E-state index contributed by atoms with van der Waals surface area (Å²) in [5.41, 5.74) is 0. The molecule has 0 aromatic carbocycles. The van der Waals surface area contributed by atoms with E-state index in [-0.39, 0.29) is 17.5 Å². The van der Waals surface area contributed by atoms with E-state index in [1.54, 1.807) is 0 Å². The molecular formula is C12H18O2. The van der Waals surface area contributed by atoms with Crippen molar-refractivity contribution >= 4 is 11.6 Å². The lowest BCUT2D eigenvalue weighted by atomic mass is 9.72. The molecular weight excluding hydrogens is 176 g/mol. The minimum absolute atomic E-state index is 0.0526. The van der Waals surface area contributed by atoms with Gasteiger partial charge in [-0.05, 0) is 31.6 Å². The minimum Gasteiger partial charge on any atom is -0.291 e. The molecule has 0 radical (unpaired) electrons. The zero-order chi connectivity index (χ0) is 9.97. The van der Waals surface area contributed by atoms with Gasteiger partial charge in [-0.1, -0.05) is 19.3 Å². The molecule has 0 heterocycles. The Balaban J connectivity index is 2.00. The first-order valence-corrected chi connectivity index (χ1v) is 5.86. The number of Topliss-reactive ketones (excluding diaryl/α,β-unsaturated/α-hetero) is 2. The Kier molecular flexibility index (Phi) is 2.99. The van der Waals surface area contributed by atoms with E-state index in [0.717, 1.165) is 12.8 Å². The molecule has 0 aromatic heterocycles. The lowest BCUT2D eigenvalue weighted by Gasteiger charge is -2.30. The smallest absolute Gasteiger partial charge is 0.201 e. The summed E-state index contributed by atoms with van der Waals surface area (Å²) in [6, 6.07) is 0. The first kappa shape index (κ1) is 9.88. The fourth-order valence-corrected chi connectivity index (χ4v) is 2.93. The summed E-state index contributed by atoms with van der Waals surface area (Å²) in [6.45, 7) is 0. The van der Waals surface area contributed by atoms with Crippen molar-refractivity contribution in [2.75, 3.05) is 0 Å². The van der Waals surface area contributed by atoms with Crippen LogP contribution in [0, 0.1) is 11.8 Å². The zero-order valence-electron chi connectivity index (χ0n) is 8.63. The van der Waals surface area contributed by atoms with Crippen LogP contribution in [0.1, 0.15) is 51.4 Å². The molecule has 2 heteroatoms. The van der Waals surface area contributed by atoms with Crippen molar-refractivity contribution in [3.8, 4) is 0 Å². The first-order valence-electron chi connectivity index (χ1n) is 5.86. The van der Waals surface area contributed by atoms with E-state index < -0.39 is 0 Å². The number of rotatable bonds is 1. The molecule has 0 amide bonds. The van der Waals surface area contributed by atoms with Crippen LogP contribution >= 0.6 is 0 Å². The lowest BCUT2D eigenvalue weighted by Crippen LogP contribution is -2.34. The number of ketones is 2. The van der Waals surface area contributed by atoms with Crippen LogP contribution in [-0.2, 0) is 9.59 Å². The van der Waals surface area contributed by atoms with Crippen LogP contribution in [0.25, 0.3) is 0 Å². The fraction of sp³-hybridized carbons (Fsp3) is 0.833. The molecule has 2 aliphatic rings. The highest BCUT2D eigenvalue weighted by molar-refractivity contribution is 6.38. The van der Waals surface area contributed by atoms with E-state index in [1.807, 2.05) is 0 Å². The molecule has 2 saturated carbocycles. The van der Waals surface area contributed by atoms with Crippen LogP contribution in [0.5, 0.6) is 0 Å². The van der Waals surface area contributed by atoms with E-state index in [0.29, 0.717) is 12.3 Å². The first-order chi connectivity index (χ1) is 6.79. The van der Waals surface area contributed by atoms with Crippen LogP contribution in [0.2, 0.25) is 0 Å². The predicted octanol–water partition coefficient (Wildman–Crippen LogP) is 2.51. The van der Waals surface area contributed by atoms with E-state index >= 15 is 0 Å². The van der Waals surface area contributed by atoms with Gasteiger partial charge in [0.1, 0.15) is 0 Å². The second-order valence-electron chi connectivity index (χ2n) is 4.68. The molecule has 2 fully saturated rings. The van der Waals surface area contributed by atoms with E-state index in [1.165, 1.54) is 32.1 Å². The number of carbonyl (C=O) groups excluding carboxylic acids is 2. The molecule has 2 aliphatic carbocycles. The SMILES string of the molecule is O=C1CCCC(C2CCCCC2)C1=O. The molecule has 1 unspecified atom stereocenters. The molecule has 0 spiro atoms. The Hall–Kier alpha value is -0.660. The molecule has 0 N–H and O–H groups in total. The average molecular weight is 194 g/mol. The third-order valence-electron chi connectivity index (χ3n) is 3.75. The molecule has 0 aliphatic heterocycles. The van der Waals surface area contributed by atoms with Crippen LogP contribution in [0.3, 0.4) is 0 Å². The highest BCUT2D eigenvalue weighted by Crippen LogP contribution is 2.35. The third-order valence-corrected chi connectivity index (χ3v) is 3.75. The van der Waals surface area contributed by atoms with E-state index in [2.05, 4.69) is 0 Å². The third kappa shape index (κ3) is 1.89.